The lowest BCUT2D eigenvalue weighted by Gasteiger charge is -2.36. The van der Waals surface area contributed by atoms with Crippen molar-refractivity contribution < 1.29 is 13.9 Å². The molecule has 4 heteroatoms. The second-order valence-electron chi connectivity index (χ2n) is 7.28. The Morgan fingerprint density at radius 3 is 2.68 bits per heavy atom. The predicted octanol–water partition coefficient (Wildman–Crippen LogP) is 3.97. The Labute approximate surface area is 131 Å². The fourth-order valence-corrected chi connectivity index (χ4v) is 3.69. The van der Waals surface area contributed by atoms with Gasteiger partial charge in [0, 0.05) is 6.42 Å². The monoisotopic (exact) mass is 303 g/mol. The van der Waals surface area contributed by atoms with Crippen LogP contribution in [0.25, 0.3) is 0 Å². The summed E-state index contributed by atoms with van der Waals surface area (Å²) in [5.41, 5.74) is -0.321. The van der Waals surface area contributed by atoms with Gasteiger partial charge in [-0.3, -0.25) is 0 Å². The van der Waals surface area contributed by atoms with Crippen LogP contribution in [0.2, 0.25) is 0 Å². The summed E-state index contributed by atoms with van der Waals surface area (Å²) in [4.78, 5) is 0. The molecule has 2 fully saturated rings. The van der Waals surface area contributed by atoms with Gasteiger partial charge in [0.15, 0.2) is 0 Å². The maximum atomic E-state index is 12.9. The molecule has 0 aliphatic carbocycles. The smallest absolute Gasteiger partial charge is 0.123 e. The summed E-state index contributed by atoms with van der Waals surface area (Å²) in [6, 6.07) is 8.76. The van der Waals surface area contributed by atoms with Crippen molar-refractivity contribution in [2.45, 2.75) is 63.9 Å². The molecule has 2 saturated heterocycles. The fourth-order valence-electron chi connectivity index (χ4n) is 3.69. The van der Waals surface area contributed by atoms with Crippen LogP contribution in [0.3, 0.4) is 0 Å². The zero-order chi connectivity index (χ0) is 16.0. The van der Waals surface area contributed by atoms with Gasteiger partial charge >= 0.3 is 0 Å². The van der Waals surface area contributed by atoms with Gasteiger partial charge in [-0.25, -0.2) is 4.39 Å². The molecule has 2 aliphatic rings. The van der Waals surface area contributed by atoms with Crippen molar-refractivity contribution in [3.63, 3.8) is 0 Å². The van der Waals surface area contributed by atoms with Crippen LogP contribution in [-0.4, -0.2) is 17.3 Å². The van der Waals surface area contributed by atoms with Gasteiger partial charge in [0.2, 0.25) is 0 Å². The molecule has 0 saturated carbocycles. The Hall–Kier alpha value is -1.44. The first-order valence-electron chi connectivity index (χ1n) is 7.78. The summed E-state index contributed by atoms with van der Waals surface area (Å²) in [5, 5.41) is 9.47. The standard InChI is InChI=1S/C18H22FNO2/c1-16(2,12-20)18-9-8-17(3,22-18)15(10-18)21-11-13-4-6-14(19)7-5-13/h4-7,15H,8-11H2,1-3H3. The number of ether oxygens (including phenoxy) is 2. The number of nitriles is 1. The molecule has 0 spiro atoms. The number of fused-ring (bicyclic) bond motifs is 2. The molecular formula is C18H22FNO2. The second-order valence-corrected chi connectivity index (χ2v) is 7.28. The van der Waals surface area contributed by atoms with Gasteiger partial charge < -0.3 is 9.47 Å². The Morgan fingerprint density at radius 1 is 1.36 bits per heavy atom. The van der Waals surface area contributed by atoms with E-state index >= 15 is 0 Å². The minimum Gasteiger partial charge on any atom is -0.370 e. The number of hydrogen-bond donors (Lipinski definition) is 0. The molecule has 1 aromatic rings. The Kier molecular flexibility index (Phi) is 3.54. The Bertz CT molecular complexity index is 607. The highest BCUT2D eigenvalue weighted by molar-refractivity contribution is 5.20. The molecule has 0 radical (unpaired) electrons. The maximum absolute atomic E-state index is 12.9. The van der Waals surface area contributed by atoms with Crippen LogP contribution < -0.4 is 0 Å². The summed E-state index contributed by atoms with van der Waals surface area (Å²) in [6.07, 6.45) is 2.52. The lowest BCUT2D eigenvalue weighted by atomic mass is 9.68. The predicted molar refractivity (Wildman–Crippen MR) is 80.4 cm³/mol. The third-order valence-electron chi connectivity index (χ3n) is 5.43. The molecule has 3 rings (SSSR count). The lowest BCUT2D eigenvalue weighted by molar-refractivity contribution is -0.107. The van der Waals surface area contributed by atoms with Gasteiger partial charge in [0.25, 0.3) is 0 Å². The van der Waals surface area contributed by atoms with E-state index in [0.717, 1.165) is 24.8 Å². The van der Waals surface area contributed by atoms with E-state index in [9.17, 15) is 9.65 Å². The van der Waals surface area contributed by atoms with Gasteiger partial charge in [0.1, 0.15) is 5.82 Å². The molecule has 118 valence electrons. The molecular weight excluding hydrogens is 281 g/mol. The zero-order valence-corrected chi connectivity index (χ0v) is 13.4. The molecule has 1 aromatic carbocycles. The van der Waals surface area contributed by atoms with Gasteiger partial charge in [-0.2, -0.15) is 5.26 Å². The molecule has 3 unspecified atom stereocenters. The van der Waals surface area contributed by atoms with E-state index in [1.165, 1.54) is 12.1 Å². The SMILES string of the molecule is CC12CCC(C(C)(C)C#N)(CC1OCc1ccc(F)cc1)O2. The van der Waals surface area contributed by atoms with Crippen molar-refractivity contribution in [2.24, 2.45) is 5.41 Å². The van der Waals surface area contributed by atoms with E-state index in [1.807, 2.05) is 13.8 Å². The van der Waals surface area contributed by atoms with Gasteiger partial charge in [-0.1, -0.05) is 12.1 Å². The van der Waals surface area contributed by atoms with E-state index in [2.05, 4.69) is 13.0 Å². The van der Waals surface area contributed by atoms with E-state index in [-0.39, 0.29) is 17.5 Å². The Morgan fingerprint density at radius 2 is 2.05 bits per heavy atom. The van der Waals surface area contributed by atoms with Crippen LogP contribution in [0.5, 0.6) is 0 Å². The third kappa shape index (κ3) is 2.33. The van der Waals surface area contributed by atoms with Crippen molar-refractivity contribution in [1.29, 1.82) is 5.26 Å². The van der Waals surface area contributed by atoms with Gasteiger partial charge in [0.05, 0.1) is 35.4 Å². The largest absolute Gasteiger partial charge is 0.370 e. The molecule has 2 aliphatic heterocycles. The van der Waals surface area contributed by atoms with E-state index in [4.69, 9.17) is 9.47 Å². The second kappa shape index (κ2) is 5.04. The van der Waals surface area contributed by atoms with Crippen LogP contribution in [0, 0.1) is 22.6 Å². The number of rotatable bonds is 4. The molecule has 3 atom stereocenters. The van der Waals surface area contributed by atoms with E-state index in [1.54, 1.807) is 12.1 Å². The summed E-state index contributed by atoms with van der Waals surface area (Å²) in [6.45, 7) is 6.40. The van der Waals surface area contributed by atoms with Crippen molar-refractivity contribution in [2.75, 3.05) is 0 Å². The number of halogens is 1. The number of hydrogen-bond acceptors (Lipinski definition) is 3. The number of nitrogens with zero attached hydrogens (tertiary/aromatic N) is 1. The van der Waals surface area contributed by atoms with Crippen LogP contribution in [0.4, 0.5) is 4.39 Å². The van der Waals surface area contributed by atoms with E-state index < -0.39 is 11.0 Å². The molecule has 0 amide bonds. The summed E-state index contributed by atoms with van der Waals surface area (Å²) < 4.78 is 25.3. The number of benzene rings is 1. The highest BCUT2D eigenvalue weighted by atomic mass is 19.1. The topological polar surface area (TPSA) is 42.2 Å². The fraction of sp³-hybridized carbons (Fsp3) is 0.611. The lowest BCUT2D eigenvalue weighted by Crippen LogP contribution is -2.43. The molecule has 2 bridgehead atoms. The van der Waals surface area contributed by atoms with Crippen molar-refractivity contribution in [3.8, 4) is 6.07 Å². The van der Waals surface area contributed by atoms with Gasteiger partial charge in [-0.05, 0) is 51.3 Å². The van der Waals surface area contributed by atoms with Crippen LogP contribution >= 0.6 is 0 Å². The molecule has 0 N–H and O–H groups in total. The normalized spacial score (nSPS) is 33.9. The summed E-state index contributed by atoms with van der Waals surface area (Å²) in [5.74, 6) is -0.242. The van der Waals surface area contributed by atoms with Crippen molar-refractivity contribution >= 4 is 0 Å². The highest BCUT2D eigenvalue weighted by Crippen LogP contribution is 2.58. The van der Waals surface area contributed by atoms with Crippen molar-refractivity contribution in [1.82, 2.24) is 0 Å². The maximum Gasteiger partial charge on any atom is 0.123 e. The minimum absolute atomic E-state index is 0.0288. The first-order valence-corrected chi connectivity index (χ1v) is 7.78. The molecule has 22 heavy (non-hydrogen) atoms. The van der Waals surface area contributed by atoms with Crippen molar-refractivity contribution in [3.05, 3.63) is 35.6 Å². The quantitative estimate of drug-likeness (QED) is 0.845. The molecule has 3 nitrogen and oxygen atoms in total. The highest BCUT2D eigenvalue weighted by Gasteiger charge is 2.65. The Balaban J connectivity index is 1.71. The van der Waals surface area contributed by atoms with E-state index in [0.29, 0.717) is 6.61 Å². The van der Waals surface area contributed by atoms with Gasteiger partial charge in [-0.15, -0.1) is 0 Å². The average Bonchev–Trinajstić information content (AvgIpc) is 2.99. The first kappa shape index (κ1) is 15.5. The van der Waals surface area contributed by atoms with Crippen LogP contribution in [-0.2, 0) is 16.1 Å². The zero-order valence-electron chi connectivity index (χ0n) is 13.4. The summed E-state index contributed by atoms with van der Waals surface area (Å²) >= 11 is 0. The third-order valence-corrected chi connectivity index (χ3v) is 5.43. The first-order chi connectivity index (χ1) is 10.3. The van der Waals surface area contributed by atoms with Crippen LogP contribution in [0.15, 0.2) is 24.3 Å². The average molecular weight is 303 g/mol. The van der Waals surface area contributed by atoms with Crippen LogP contribution in [0.1, 0.15) is 45.6 Å². The molecule has 0 aromatic heterocycles. The molecule has 2 heterocycles. The minimum atomic E-state index is -0.529. The summed E-state index contributed by atoms with van der Waals surface area (Å²) in [7, 11) is 0.